The molecule has 4 heteroatoms. The van der Waals surface area contributed by atoms with Crippen LogP contribution >= 0.6 is 0 Å². The fourth-order valence-electron chi connectivity index (χ4n) is 2.24. The predicted octanol–water partition coefficient (Wildman–Crippen LogP) is 3.27. The summed E-state index contributed by atoms with van der Waals surface area (Å²) in [5.74, 6) is 0.131. The first-order chi connectivity index (χ1) is 9.61. The topological polar surface area (TPSA) is 42.4 Å². The molecule has 1 atom stereocenters. The van der Waals surface area contributed by atoms with Gasteiger partial charge < -0.3 is 9.84 Å². The first-order valence-electron chi connectivity index (χ1n) is 6.67. The molecule has 0 spiro atoms. The van der Waals surface area contributed by atoms with E-state index in [0.717, 1.165) is 0 Å². The summed E-state index contributed by atoms with van der Waals surface area (Å²) >= 11 is 0. The molecule has 1 aromatic carbocycles. The number of hydrogen-bond acceptors (Lipinski definition) is 3. The van der Waals surface area contributed by atoms with Gasteiger partial charge in [0, 0.05) is 17.3 Å². The summed E-state index contributed by atoms with van der Waals surface area (Å²) in [4.78, 5) is 4.07. The van der Waals surface area contributed by atoms with Gasteiger partial charge in [-0.1, -0.05) is 25.1 Å². The van der Waals surface area contributed by atoms with Crippen LogP contribution in [0.5, 0.6) is 5.75 Å². The Hall–Kier alpha value is -1.94. The monoisotopic (exact) mass is 275 g/mol. The van der Waals surface area contributed by atoms with Crippen molar-refractivity contribution >= 4 is 0 Å². The van der Waals surface area contributed by atoms with E-state index in [-0.39, 0.29) is 5.56 Å². The Labute approximate surface area is 118 Å². The average molecular weight is 275 g/mol. The highest BCUT2D eigenvalue weighted by molar-refractivity contribution is 5.38. The number of benzene rings is 1. The first kappa shape index (κ1) is 14.5. The van der Waals surface area contributed by atoms with E-state index in [1.165, 1.54) is 6.07 Å². The van der Waals surface area contributed by atoms with Crippen molar-refractivity contribution < 1.29 is 14.2 Å². The summed E-state index contributed by atoms with van der Waals surface area (Å²) in [7, 11) is 0. The quantitative estimate of drug-likeness (QED) is 0.910. The number of aliphatic hydroxyl groups is 1. The SMILES string of the molecule is CCOc1cncc(C(O)(CC)c2ccccc2F)c1. The van der Waals surface area contributed by atoms with Gasteiger partial charge in [0.15, 0.2) is 0 Å². The van der Waals surface area contributed by atoms with Gasteiger partial charge in [-0.05, 0) is 25.5 Å². The molecular weight excluding hydrogens is 257 g/mol. The van der Waals surface area contributed by atoms with Crippen LogP contribution in [-0.2, 0) is 5.60 Å². The van der Waals surface area contributed by atoms with Crippen molar-refractivity contribution in [3.8, 4) is 5.75 Å². The molecule has 0 bridgehead atoms. The molecule has 2 aromatic rings. The van der Waals surface area contributed by atoms with Gasteiger partial charge in [0.25, 0.3) is 0 Å². The average Bonchev–Trinajstić information content (AvgIpc) is 2.47. The Morgan fingerprint density at radius 2 is 2.00 bits per heavy atom. The van der Waals surface area contributed by atoms with E-state index in [9.17, 15) is 9.50 Å². The number of ether oxygens (including phenoxy) is 1. The van der Waals surface area contributed by atoms with Crippen molar-refractivity contribution in [2.45, 2.75) is 25.9 Å². The lowest BCUT2D eigenvalue weighted by molar-refractivity contribution is 0.0719. The first-order valence-corrected chi connectivity index (χ1v) is 6.67. The third-order valence-corrected chi connectivity index (χ3v) is 3.33. The lowest BCUT2D eigenvalue weighted by Crippen LogP contribution is -2.27. The lowest BCUT2D eigenvalue weighted by Gasteiger charge is -2.28. The molecule has 2 rings (SSSR count). The van der Waals surface area contributed by atoms with Crippen LogP contribution in [-0.4, -0.2) is 16.7 Å². The summed E-state index contributed by atoms with van der Waals surface area (Å²) in [5, 5.41) is 10.9. The van der Waals surface area contributed by atoms with E-state index in [0.29, 0.717) is 24.3 Å². The molecule has 20 heavy (non-hydrogen) atoms. The van der Waals surface area contributed by atoms with Crippen LogP contribution in [0, 0.1) is 5.82 Å². The molecule has 1 heterocycles. The highest BCUT2D eigenvalue weighted by Gasteiger charge is 2.32. The number of aromatic nitrogens is 1. The molecule has 0 aliphatic carbocycles. The zero-order valence-electron chi connectivity index (χ0n) is 11.6. The second kappa shape index (κ2) is 6.01. The third kappa shape index (κ3) is 2.65. The number of pyridine rings is 1. The van der Waals surface area contributed by atoms with Gasteiger partial charge in [0.05, 0.1) is 12.8 Å². The number of halogens is 1. The Morgan fingerprint density at radius 1 is 1.25 bits per heavy atom. The van der Waals surface area contributed by atoms with E-state index in [1.54, 1.807) is 43.6 Å². The molecule has 0 saturated heterocycles. The minimum atomic E-state index is -1.41. The van der Waals surface area contributed by atoms with Gasteiger partial charge >= 0.3 is 0 Å². The molecule has 0 aliphatic rings. The molecule has 1 unspecified atom stereocenters. The maximum absolute atomic E-state index is 14.0. The highest BCUT2D eigenvalue weighted by atomic mass is 19.1. The Bertz CT molecular complexity index is 588. The van der Waals surface area contributed by atoms with Crippen molar-refractivity contribution in [1.29, 1.82) is 0 Å². The summed E-state index contributed by atoms with van der Waals surface area (Å²) in [6.45, 7) is 4.19. The number of hydrogen-bond donors (Lipinski definition) is 1. The van der Waals surface area contributed by atoms with Gasteiger partial charge in [0.2, 0.25) is 0 Å². The van der Waals surface area contributed by atoms with E-state index in [1.807, 2.05) is 6.92 Å². The van der Waals surface area contributed by atoms with Gasteiger partial charge in [-0.2, -0.15) is 0 Å². The minimum Gasteiger partial charge on any atom is -0.492 e. The second-order valence-corrected chi connectivity index (χ2v) is 4.54. The summed E-state index contributed by atoms with van der Waals surface area (Å²) < 4.78 is 19.4. The molecular formula is C16H18FNO2. The van der Waals surface area contributed by atoms with Gasteiger partial charge in [-0.3, -0.25) is 4.98 Å². The van der Waals surface area contributed by atoms with E-state index < -0.39 is 11.4 Å². The molecule has 0 radical (unpaired) electrons. The fourth-order valence-corrected chi connectivity index (χ4v) is 2.24. The van der Waals surface area contributed by atoms with Crippen LogP contribution in [0.2, 0.25) is 0 Å². The molecule has 0 saturated carbocycles. The minimum absolute atomic E-state index is 0.248. The summed E-state index contributed by atoms with van der Waals surface area (Å²) in [6.07, 6.45) is 3.45. The van der Waals surface area contributed by atoms with Crippen molar-refractivity contribution in [3.63, 3.8) is 0 Å². The maximum atomic E-state index is 14.0. The van der Waals surface area contributed by atoms with Crippen LogP contribution in [0.3, 0.4) is 0 Å². The molecule has 0 aliphatic heterocycles. The smallest absolute Gasteiger partial charge is 0.137 e. The molecule has 1 aromatic heterocycles. The Balaban J connectivity index is 2.50. The van der Waals surface area contributed by atoms with Crippen molar-refractivity contribution in [1.82, 2.24) is 4.98 Å². The number of rotatable bonds is 5. The van der Waals surface area contributed by atoms with Crippen molar-refractivity contribution in [3.05, 3.63) is 59.7 Å². The highest BCUT2D eigenvalue weighted by Crippen LogP contribution is 2.35. The standard InChI is InChI=1S/C16H18FNO2/c1-3-16(19,14-7-5-6-8-15(14)17)12-9-13(20-4-2)11-18-10-12/h5-11,19H,3-4H2,1-2H3. The predicted molar refractivity (Wildman–Crippen MR) is 75.1 cm³/mol. The fraction of sp³-hybridized carbons (Fsp3) is 0.312. The van der Waals surface area contributed by atoms with E-state index in [4.69, 9.17) is 4.74 Å². The largest absolute Gasteiger partial charge is 0.492 e. The van der Waals surface area contributed by atoms with Gasteiger partial charge in [-0.15, -0.1) is 0 Å². The van der Waals surface area contributed by atoms with Crippen LogP contribution < -0.4 is 4.74 Å². The van der Waals surface area contributed by atoms with E-state index >= 15 is 0 Å². The van der Waals surface area contributed by atoms with Crippen LogP contribution in [0.25, 0.3) is 0 Å². The molecule has 1 N–H and O–H groups in total. The van der Waals surface area contributed by atoms with Crippen LogP contribution in [0.15, 0.2) is 42.7 Å². The zero-order chi connectivity index (χ0) is 14.6. The van der Waals surface area contributed by atoms with Crippen LogP contribution in [0.4, 0.5) is 4.39 Å². The molecule has 0 amide bonds. The summed E-state index contributed by atoms with van der Waals surface area (Å²) in [6, 6.07) is 7.94. The lowest BCUT2D eigenvalue weighted by atomic mass is 9.84. The molecule has 106 valence electrons. The third-order valence-electron chi connectivity index (χ3n) is 3.33. The Kier molecular flexibility index (Phi) is 4.35. The molecule has 0 fully saturated rings. The zero-order valence-corrected chi connectivity index (χ0v) is 11.6. The summed E-state index contributed by atoms with van der Waals surface area (Å²) in [5.41, 5.74) is -0.639. The van der Waals surface area contributed by atoms with Gasteiger partial charge in [0.1, 0.15) is 17.2 Å². The normalized spacial score (nSPS) is 13.8. The van der Waals surface area contributed by atoms with Crippen molar-refractivity contribution in [2.75, 3.05) is 6.61 Å². The maximum Gasteiger partial charge on any atom is 0.137 e. The molecule has 3 nitrogen and oxygen atoms in total. The Morgan fingerprint density at radius 3 is 2.65 bits per heavy atom. The second-order valence-electron chi connectivity index (χ2n) is 4.54. The van der Waals surface area contributed by atoms with E-state index in [2.05, 4.69) is 4.98 Å². The van der Waals surface area contributed by atoms with Gasteiger partial charge in [-0.25, -0.2) is 4.39 Å². The van der Waals surface area contributed by atoms with Crippen LogP contribution in [0.1, 0.15) is 31.4 Å². The van der Waals surface area contributed by atoms with Crippen molar-refractivity contribution in [2.24, 2.45) is 0 Å². The number of nitrogens with zero attached hydrogens (tertiary/aromatic N) is 1.